The first-order valence-corrected chi connectivity index (χ1v) is 9.38. The van der Waals surface area contributed by atoms with Crippen LogP contribution in [-0.4, -0.2) is 30.4 Å². The number of carbonyl (C=O) groups excluding carboxylic acids is 4. The molecular formula is C19H12Cl3N3O5. The van der Waals surface area contributed by atoms with Gasteiger partial charge in [-0.2, -0.15) is 0 Å². The molecule has 0 aromatic heterocycles. The first kappa shape index (κ1) is 21.6. The van der Waals surface area contributed by atoms with Crippen LogP contribution in [0.2, 0.25) is 15.1 Å². The van der Waals surface area contributed by atoms with Crippen LogP contribution in [0, 0.1) is 0 Å². The Balaban J connectivity index is 2.03. The normalized spacial score (nSPS) is 15.4. The van der Waals surface area contributed by atoms with Crippen molar-refractivity contribution in [2.24, 2.45) is 5.73 Å². The van der Waals surface area contributed by atoms with Crippen molar-refractivity contribution in [1.82, 2.24) is 5.32 Å². The molecule has 1 heterocycles. The fourth-order valence-electron chi connectivity index (χ4n) is 2.58. The Hall–Kier alpha value is -3.07. The van der Waals surface area contributed by atoms with Gasteiger partial charge in [0.05, 0.1) is 15.7 Å². The monoisotopic (exact) mass is 467 g/mol. The van der Waals surface area contributed by atoms with Crippen molar-refractivity contribution in [3.05, 3.63) is 62.6 Å². The van der Waals surface area contributed by atoms with E-state index in [0.717, 1.165) is 4.90 Å². The van der Waals surface area contributed by atoms with E-state index in [0.29, 0.717) is 0 Å². The fraction of sp³-hybridized carbons (Fsp3) is 0.0526. The number of urea groups is 1. The molecule has 0 bridgehead atoms. The number of hydrogen-bond donors (Lipinski definition) is 2. The molecule has 11 heteroatoms. The molecule has 2 aromatic rings. The van der Waals surface area contributed by atoms with E-state index in [1.54, 1.807) is 0 Å². The van der Waals surface area contributed by atoms with Crippen LogP contribution in [0.15, 0.2) is 42.0 Å². The Morgan fingerprint density at radius 3 is 2.47 bits per heavy atom. The summed E-state index contributed by atoms with van der Waals surface area (Å²) in [6.07, 6.45) is 1.19. The smallest absolute Gasteiger partial charge is 0.335 e. The molecule has 1 aliphatic rings. The van der Waals surface area contributed by atoms with Gasteiger partial charge in [0.2, 0.25) is 0 Å². The van der Waals surface area contributed by atoms with Gasteiger partial charge < -0.3 is 10.5 Å². The van der Waals surface area contributed by atoms with Crippen LogP contribution in [0.5, 0.6) is 5.75 Å². The highest BCUT2D eigenvalue weighted by Gasteiger charge is 2.37. The molecule has 0 unspecified atom stereocenters. The van der Waals surface area contributed by atoms with Crippen LogP contribution in [-0.2, 0) is 14.4 Å². The molecule has 0 aliphatic carbocycles. The van der Waals surface area contributed by atoms with Gasteiger partial charge >= 0.3 is 6.03 Å². The van der Waals surface area contributed by atoms with Crippen LogP contribution in [0.1, 0.15) is 5.56 Å². The number of rotatable bonds is 5. The van der Waals surface area contributed by atoms with Crippen LogP contribution >= 0.6 is 34.8 Å². The molecular weight excluding hydrogens is 457 g/mol. The number of nitrogens with two attached hydrogens (primary N) is 1. The predicted octanol–water partition coefficient (Wildman–Crippen LogP) is 3.18. The van der Waals surface area contributed by atoms with Crippen molar-refractivity contribution in [1.29, 1.82) is 0 Å². The number of imide groups is 2. The van der Waals surface area contributed by atoms with E-state index in [4.69, 9.17) is 45.3 Å². The number of carbonyl (C=O) groups is 4. The third-order valence-electron chi connectivity index (χ3n) is 3.90. The third-order valence-corrected chi connectivity index (χ3v) is 4.88. The van der Waals surface area contributed by atoms with Gasteiger partial charge in [0.25, 0.3) is 17.7 Å². The molecule has 3 rings (SSSR count). The van der Waals surface area contributed by atoms with Crippen molar-refractivity contribution in [3.63, 3.8) is 0 Å². The Bertz CT molecular complexity index is 1120. The van der Waals surface area contributed by atoms with Gasteiger partial charge in [-0.25, -0.2) is 9.69 Å². The highest BCUT2D eigenvalue weighted by molar-refractivity contribution is 6.43. The number of nitrogens with one attached hydrogen (secondary N) is 1. The highest BCUT2D eigenvalue weighted by Crippen LogP contribution is 2.31. The lowest BCUT2D eigenvalue weighted by Crippen LogP contribution is -2.54. The van der Waals surface area contributed by atoms with Gasteiger partial charge in [0.1, 0.15) is 11.3 Å². The van der Waals surface area contributed by atoms with E-state index in [1.807, 2.05) is 0 Å². The molecule has 0 saturated carbocycles. The Morgan fingerprint density at radius 2 is 1.80 bits per heavy atom. The van der Waals surface area contributed by atoms with Crippen molar-refractivity contribution >= 4 is 70.3 Å². The SMILES string of the molecule is NC(=O)COc1ccc(Cl)cc1/C=C1\C(=O)NC(=O)N(c2ccc(Cl)c(Cl)c2)C1=O. The average molecular weight is 469 g/mol. The minimum atomic E-state index is -0.947. The van der Waals surface area contributed by atoms with Crippen LogP contribution in [0.25, 0.3) is 6.08 Å². The highest BCUT2D eigenvalue weighted by atomic mass is 35.5. The Morgan fingerprint density at radius 1 is 1.07 bits per heavy atom. The maximum absolute atomic E-state index is 13.0. The molecule has 2 aromatic carbocycles. The minimum absolute atomic E-state index is 0.113. The van der Waals surface area contributed by atoms with Gasteiger partial charge in [-0.3, -0.25) is 19.7 Å². The van der Waals surface area contributed by atoms with E-state index < -0.39 is 30.4 Å². The predicted molar refractivity (Wildman–Crippen MR) is 112 cm³/mol. The molecule has 8 nitrogen and oxygen atoms in total. The molecule has 0 spiro atoms. The van der Waals surface area contributed by atoms with Gasteiger partial charge in [-0.15, -0.1) is 0 Å². The average Bonchev–Trinajstić information content (AvgIpc) is 2.67. The topological polar surface area (TPSA) is 119 Å². The van der Waals surface area contributed by atoms with Crippen LogP contribution < -0.4 is 20.7 Å². The molecule has 0 radical (unpaired) electrons. The molecule has 154 valence electrons. The van der Waals surface area contributed by atoms with Crippen molar-refractivity contribution in [2.45, 2.75) is 0 Å². The number of ether oxygens (including phenoxy) is 1. The zero-order valence-electron chi connectivity index (χ0n) is 14.9. The summed E-state index contributed by atoms with van der Waals surface area (Å²) in [4.78, 5) is 49.3. The van der Waals surface area contributed by atoms with Gasteiger partial charge in [0.15, 0.2) is 6.61 Å². The second kappa shape index (κ2) is 8.74. The molecule has 3 N–H and O–H groups in total. The zero-order chi connectivity index (χ0) is 22.0. The van der Waals surface area contributed by atoms with Gasteiger partial charge in [-0.05, 0) is 42.5 Å². The minimum Gasteiger partial charge on any atom is -0.483 e. The maximum Gasteiger partial charge on any atom is 0.335 e. The van der Waals surface area contributed by atoms with E-state index in [1.165, 1.54) is 42.5 Å². The number of hydrogen-bond acceptors (Lipinski definition) is 5. The van der Waals surface area contributed by atoms with E-state index in [9.17, 15) is 19.2 Å². The number of anilines is 1. The van der Waals surface area contributed by atoms with Crippen LogP contribution in [0.4, 0.5) is 10.5 Å². The molecule has 30 heavy (non-hydrogen) atoms. The second-order valence-electron chi connectivity index (χ2n) is 5.99. The molecule has 1 saturated heterocycles. The third kappa shape index (κ3) is 4.56. The number of benzene rings is 2. The number of nitrogens with zero attached hydrogens (tertiary/aromatic N) is 1. The zero-order valence-corrected chi connectivity index (χ0v) is 17.2. The first-order chi connectivity index (χ1) is 14.2. The van der Waals surface area contributed by atoms with Crippen LogP contribution in [0.3, 0.4) is 0 Å². The number of primary amides is 1. The van der Waals surface area contributed by atoms with Gasteiger partial charge in [-0.1, -0.05) is 34.8 Å². The summed E-state index contributed by atoms with van der Waals surface area (Å²) in [6.45, 7) is -0.425. The Kier molecular flexibility index (Phi) is 6.31. The molecule has 5 amide bonds. The molecule has 1 aliphatic heterocycles. The van der Waals surface area contributed by atoms with Gasteiger partial charge in [0, 0.05) is 10.6 Å². The lowest BCUT2D eigenvalue weighted by atomic mass is 10.1. The second-order valence-corrected chi connectivity index (χ2v) is 7.24. The molecule has 0 atom stereocenters. The van der Waals surface area contributed by atoms with E-state index in [-0.39, 0.29) is 37.6 Å². The van der Waals surface area contributed by atoms with E-state index >= 15 is 0 Å². The Labute approximate surface area is 185 Å². The quantitative estimate of drug-likeness (QED) is 0.516. The summed E-state index contributed by atoms with van der Waals surface area (Å²) in [6, 6.07) is 7.54. The standard InChI is InChI=1S/C19H12Cl3N3O5/c20-10-1-4-15(30-8-16(23)26)9(5-10)6-12-17(27)24-19(29)25(18(12)28)11-2-3-13(21)14(22)7-11/h1-7H,8H2,(H2,23,26)(H,24,27,29)/b12-6+. The number of barbiturate groups is 1. The summed E-state index contributed by atoms with van der Waals surface area (Å²) in [5, 5.41) is 2.72. The van der Waals surface area contributed by atoms with Crippen molar-refractivity contribution in [2.75, 3.05) is 11.5 Å². The number of halogens is 3. The lowest BCUT2D eigenvalue weighted by molar-refractivity contribution is -0.123. The summed E-state index contributed by atoms with van der Waals surface area (Å²) in [5.41, 5.74) is 5.05. The fourth-order valence-corrected chi connectivity index (χ4v) is 3.06. The van der Waals surface area contributed by atoms with Crippen molar-refractivity contribution in [3.8, 4) is 5.75 Å². The summed E-state index contributed by atoms with van der Waals surface area (Å²) in [7, 11) is 0. The van der Waals surface area contributed by atoms with Crippen molar-refractivity contribution < 1.29 is 23.9 Å². The maximum atomic E-state index is 13.0. The summed E-state index contributed by atoms with van der Waals surface area (Å²) in [5.74, 6) is -2.37. The lowest BCUT2D eigenvalue weighted by Gasteiger charge is -2.26. The largest absolute Gasteiger partial charge is 0.483 e. The summed E-state index contributed by atoms with van der Waals surface area (Å²) >= 11 is 17.8. The number of amides is 5. The first-order valence-electron chi connectivity index (χ1n) is 8.24. The summed E-state index contributed by atoms with van der Waals surface area (Å²) < 4.78 is 5.29. The van der Waals surface area contributed by atoms with E-state index in [2.05, 4.69) is 5.32 Å². The molecule has 1 fully saturated rings.